The van der Waals surface area contributed by atoms with Gasteiger partial charge in [-0.1, -0.05) is 202 Å². The van der Waals surface area contributed by atoms with E-state index < -0.39 is 0 Å². The fraction of sp³-hybridized carbons (Fsp3) is 0.158. The van der Waals surface area contributed by atoms with E-state index in [1.54, 1.807) is 0 Å². The molecule has 2 aliphatic heterocycles. The van der Waals surface area contributed by atoms with E-state index in [1.165, 1.54) is 44.5 Å². The number of aromatic nitrogens is 4. The second-order valence-electron chi connectivity index (χ2n) is 25.7. The van der Waals surface area contributed by atoms with Gasteiger partial charge in [-0.3, -0.25) is 0 Å². The van der Waals surface area contributed by atoms with Gasteiger partial charge < -0.3 is 14.4 Å². The van der Waals surface area contributed by atoms with E-state index in [0.717, 1.165) is 78.1 Å². The third-order valence-electron chi connectivity index (χ3n) is 17.1. The van der Waals surface area contributed by atoms with Crippen LogP contribution in [0.4, 0.5) is 34.1 Å². The van der Waals surface area contributed by atoms with E-state index in [2.05, 4.69) is 234 Å². The van der Waals surface area contributed by atoms with E-state index in [0.29, 0.717) is 23.0 Å². The molecule has 0 spiro atoms. The Balaban J connectivity index is 1.04. The lowest BCUT2D eigenvalue weighted by Gasteiger charge is -2.45. The van der Waals surface area contributed by atoms with Crippen molar-refractivity contribution in [1.82, 2.24) is 19.5 Å². The fourth-order valence-corrected chi connectivity index (χ4v) is 12.6. The van der Waals surface area contributed by atoms with Crippen molar-refractivity contribution in [2.24, 2.45) is 0 Å². The quantitative estimate of drug-likeness (QED) is 0.148. The third kappa shape index (κ3) is 8.85. The molecule has 0 aliphatic carbocycles. The number of anilines is 6. The topological polar surface area (TPSA) is 73.9 Å². The minimum atomic E-state index is -0.145. The summed E-state index contributed by atoms with van der Waals surface area (Å²) >= 11 is 0. The molecule has 8 heteroatoms. The van der Waals surface area contributed by atoms with E-state index >= 15 is 0 Å². The fourth-order valence-electron chi connectivity index (χ4n) is 12.6. The van der Waals surface area contributed by atoms with Crippen LogP contribution >= 0.6 is 0 Å². The molecule has 4 heterocycles. The average Bonchev–Trinajstić information content (AvgIpc) is 0.790. The van der Waals surface area contributed by atoms with Gasteiger partial charge in [-0.2, -0.15) is 5.26 Å². The molecule has 0 atom stereocenters. The van der Waals surface area contributed by atoms with Gasteiger partial charge in [0.15, 0.2) is 17.5 Å². The zero-order valence-corrected chi connectivity index (χ0v) is 49.1. The predicted molar refractivity (Wildman–Crippen MR) is 351 cm³/mol. The number of nitrogens with zero attached hydrogens (tertiary/aromatic N) is 7. The van der Waals surface area contributed by atoms with Gasteiger partial charge >= 0.3 is 0 Å². The van der Waals surface area contributed by atoms with E-state index in [1.807, 2.05) is 72.8 Å². The van der Waals surface area contributed by atoms with Crippen molar-refractivity contribution in [2.75, 3.05) is 9.80 Å². The van der Waals surface area contributed by atoms with Crippen molar-refractivity contribution >= 4 is 79.0 Å². The summed E-state index contributed by atoms with van der Waals surface area (Å²) < 4.78 is 2.36. The summed E-state index contributed by atoms with van der Waals surface area (Å²) in [5, 5.41) is 12.8. The number of nitriles is 1. The maximum Gasteiger partial charge on any atom is 0.252 e. The highest BCUT2D eigenvalue weighted by Crippen LogP contribution is 2.48. The second kappa shape index (κ2) is 19.7. The number of benzene rings is 10. The van der Waals surface area contributed by atoms with Crippen molar-refractivity contribution in [3.63, 3.8) is 0 Å². The van der Waals surface area contributed by atoms with Gasteiger partial charge in [0.2, 0.25) is 0 Å². The first-order chi connectivity index (χ1) is 40.5. The molecule has 0 bridgehead atoms. The minimum absolute atomic E-state index is 0.0342. The molecule has 10 aromatic carbocycles. The molecule has 0 fully saturated rings. The Bertz CT molecular complexity index is 4430. The summed E-state index contributed by atoms with van der Waals surface area (Å²) in [6, 6.07) is 83.6. The monoisotopic (exact) mass is 1090 g/mol. The van der Waals surface area contributed by atoms with Crippen LogP contribution < -0.4 is 26.2 Å². The van der Waals surface area contributed by atoms with Crippen molar-refractivity contribution in [2.45, 2.75) is 78.6 Å². The van der Waals surface area contributed by atoms with Crippen LogP contribution in [0.15, 0.2) is 224 Å². The molecule has 0 radical (unpaired) electrons. The first kappa shape index (κ1) is 52.3. The average molecular weight is 1090 g/mol. The van der Waals surface area contributed by atoms with Crippen molar-refractivity contribution in [1.29, 1.82) is 5.26 Å². The molecule has 7 nitrogen and oxygen atoms in total. The summed E-state index contributed by atoms with van der Waals surface area (Å²) in [7, 11) is 0. The number of hydrogen-bond donors (Lipinski definition) is 0. The van der Waals surface area contributed by atoms with Gasteiger partial charge in [0, 0.05) is 61.6 Å². The normalized spacial score (nSPS) is 13.0. The van der Waals surface area contributed by atoms with Crippen LogP contribution in [0.1, 0.15) is 84.6 Å². The maximum atomic E-state index is 10.6. The van der Waals surface area contributed by atoms with Gasteiger partial charge in [-0.15, -0.1) is 0 Å². The minimum Gasteiger partial charge on any atom is -0.311 e. The SMILES string of the molecule is CC(C)(C)c1ccc2c(c1)N(c1ccccc1)c1cc(-c3ccc4c(c3)c3ccc(C(C)(C)C)cc3n4-c3ccc(C#N)cc3-c3nc(-c4ccccc4)nc(-c4ccccc4)n3)cc3c1B2c1ccc(C(C)(C)C)cc1N3c1ccccc1. The van der Waals surface area contributed by atoms with Crippen LogP contribution in [0.2, 0.25) is 0 Å². The largest absolute Gasteiger partial charge is 0.311 e. The predicted octanol–water partition coefficient (Wildman–Crippen LogP) is 17.5. The first-order valence-electron chi connectivity index (χ1n) is 29.2. The van der Waals surface area contributed by atoms with E-state index in [9.17, 15) is 5.26 Å². The summed E-state index contributed by atoms with van der Waals surface area (Å²) in [4.78, 5) is 20.6. The Morgan fingerprint density at radius 1 is 0.369 bits per heavy atom. The zero-order chi connectivity index (χ0) is 57.8. The maximum absolute atomic E-state index is 10.6. The Kier molecular flexibility index (Phi) is 12.2. The van der Waals surface area contributed by atoms with E-state index in [-0.39, 0.29) is 23.0 Å². The molecule has 0 saturated carbocycles. The Labute approximate surface area is 493 Å². The molecule has 0 N–H and O–H groups in total. The molecule has 84 heavy (non-hydrogen) atoms. The molecule has 2 aromatic heterocycles. The lowest BCUT2D eigenvalue weighted by Crippen LogP contribution is -2.61. The van der Waals surface area contributed by atoms with Crippen molar-refractivity contribution < 1.29 is 0 Å². The van der Waals surface area contributed by atoms with Crippen LogP contribution in [0.5, 0.6) is 0 Å². The molecule has 0 amide bonds. The molecule has 0 saturated heterocycles. The lowest BCUT2D eigenvalue weighted by atomic mass is 9.33. The Morgan fingerprint density at radius 3 is 1.35 bits per heavy atom. The summed E-state index contributed by atoms with van der Waals surface area (Å²) in [5.74, 6) is 1.59. The summed E-state index contributed by atoms with van der Waals surface area (Å²) in [6.45, 7) is 20.6. The molecule has 0 unspecified atom stereocenters. The second-order valence-corrected chi connectivity index (χ2v) is 25.7. The molecule has 12 aromatic rings. The molecule has 2 aliphatic rings. The smallest absolute Gasteiger partial charge is 0.252 e. The van der Waals surface area contributed by atoms with Crippen LogP contribution in [0.3, 0.4) is 0 Å². The first-order valence-corrected chi connectivity index (χ1v) is 29.2. The third-order valence-corrected chi connectivity index (χ3v) is 17.1. The number of para-hydroxylation sites is 2. The van der Waals surface area contributed by atoms with Gasteiger partial charge in [-0.05, 0) is 145 Å². The van der Waals surface area contributed by atoms with Gasteiger partial charge in [0.25, 0.3) is 6.71 Å². The molecule has 14 rings (SSSR count). The van der Waals surface area contributed by atoms with Crippen LogP contribution in [-0.4, -0.2) is 26.2 Å². The van der Waals surface area contributed by atoms with Gasteiger partial charge in [0.05, 0.1) is 28.4 Å². The summed E-state index contributed by atoms with van der Waals surface area (Å²) in [5.41, 5.74) is 22.4. The number of rotatable bonds is 7. The Morgan fingerprint density at radius 2 is 0.845 bits per heavy atom. The highest BCUT2D eigenvalue weighted by atomic mass is 15.2. The Hall–Kier alpha value is -9.84. The number of hydrogen-bond acceptors (Lipinski definition) is 6. The van der Waals surface area contributed by atoms with Crippen molar-refractivity contribution in [3.8, 4) is 57.0 Å². The lowest BCUT2D eigenvalue weighted by molar-refractivity contribution is 0.590. The van der Waals surface area contributed by atoms with Crippen LogP contribution in [0.25, 0.3) is 72.8 Å². The zero-order valence-electron chi connectivity index (χ0n) is 49.1. The van der Waals surface area contributed by atoms with Crippen molar-refractivity contribution in [3.05, 3.63) is 247 Å². The summed E-state index contributed by atoms with van der Waals surface area (Å²) in [6.07, 6.45) is 0. The molecule has 406 valence electrons. The van der Waals surface area contributed by atoms with Crippen LogP contribution in [-0.2, 0) is 16.2 Å². The van der Waals surface area contributed by atoms with Gasteiger partial charge in [-0.25, -0.2) is 15.0 Å². The highest BCUT2D eigenvalue weighted by Gasteiger charge is 2.44. The number of fused-ring (bicyclic) bond motifs is 7. The standard InChI is InChI=1S/C76H64BN7/c1-74(2,3)53-32-35-58-59-41-51(31-39-63(59)84(65(58)44-53)64-38-30-48(47-78)40-60(64)73-80-71(49-22-14-10-15-23-49)79-72(81-73)50-24-16-11-17-25-50)52-42-68-70-69(43-52)83(57-28-20-13-21-29-57)67-46-55(76(7,8)9)34-37-62(67)77(70)61-36-33-54(75(4,5)6)45-66(61)82(68)56-26-18-12-19-27-56/h10-46H,1-9H3. The van der Waals surface area contributed by atoms with Crippen LogP contribution in [0, 0.1) is 11.3 Å². The molecular weight excluding hydrogens is 1020 g/mol. The molecular formula is C76H64BN7. The van der Waals surface area contributed by atoms with E-state index in [4.69, 9.17) is 15.0 Å². The highest BCUT2D eigenvalue weighted by molar-refractivity contribution is 7.00. The van der Waals surface area contributed by atoms with Gasteiger partial charge in [0.1, 0.15) is 0 Å².